The zero-order valence-corrected chi connectivity index (χ0v) is 7.73. The first-order chi connectivity index (χ1) is 5.66. The summed E-state index contributed by atoms with van der Waals surface area (Å²) in [6.45, 7) is 4.20. The number of hydrogen-bond acceptors (Lipinski definition) is 2. The molecule has 0 aliphatic carbocycles. The van der Waals surface area contributed by atoms with E-state index in [0.717, 1.165) is 0 Å². The maximum Gasteiger partial charge on any atom is 0.193 e. The third kappa shape index (κ3) is 1.48. The van der Waals surface area contributed by atoms with Gasteiger partial charge in [0.05, 0.1) is 13.1 Å². The van der Waals surface area contributed by atoms with E-state index >= 15 is 0 Å². The van der Waals surface area contributed by atoms with E-state index in [1.165, 1.54) is 0 Å². The predicted molar refractivity (Wildman–Crippen MR) is 47.8 cm³/mol. The van der Waals surface area contributed by atoms with Crippen LogP contribution in [-0.2, 0) is 0 Å². The van der Waals surface area contributed by atoms with Gasteiger partial charge in [0.25, 0.3) is 0 Å². The quantitative estimate of drug-likeness (QED) is 0.536. The van der Waals surface area contributed by atoms with E-state index in [9.17, 15) is 0 Å². The number of hydrogen-bond donors (Lipinski definition) is 0. The van der Waals surface area contributed by atoms with Crippen LogP contribution in [0.4, 0.5) is 0 Å². The monoisotopic (exact) mass is 164 g/mol. The summed E-state index contributed by atoms with van der Waals surface area (Å²) in [5.74, 6) is 0. The highest BCUT2D eigenvalue weighted by atomic mass is 15.6. The van der Waals surface area contributed by atoms with Crippen molar-refractivity contribution < 1.29 is 4.68 Å². The number of allylic oxidation sites excluding steroid dienone is 1. The first kappa shape index (κ1) is 8.79. The maximum atomic E-state index is 8.78. The van der Waals surface area contributed by atoms with Crippen molar-refractivity contribution in [2.24, 2.45) is 0 Å². The highest BCUT2D eigenvalue weighted by Gasteiger charge is 2.24. The molecule has 0 aromatic heterocycles. The van der Waals surface area contributed by atoms with Crippen LogP contribution in [0.5, 0.6) is 0 Å². The van der Waals surface area contributed by atoms with Gasteiger partial charge in [-0.3, -0.25) is 0 Å². The number of nitriles is 1. The van der Waals surface area contributed by atoms with Crippen molar-refractivity contribution in [1.29, 1.82) is 5.26 Å². The highest BCUT2D eigenvalue weighted by Crippen LogP contribution is 2.05. The third-order valence-corrected chi connectivity index (χ3v) is 1.96. The smallest absolute Gasteiger partial charge is 0.193 e. The van der Waals surface area contributed by atoms with Crippen LogP contribution < -0.4 is 0 Å². The Balaban J connectivity index is 2.85. The molecule has 0 amide bonds. The summed E-state index contributed by atoms with van der Waals surface area (Å²) in [6, 6.07) is 2.49. The van der Waals surface area contributed by atoms with E-state index in [-0.39, 0.29) is 6.04 Å². The Bertz CT molecular complexity index is 257. The minimum atomic E-state index is -0.127. The Morgan fingerprint density at radius 3 is 2.75 bits per heavy atom. The molecule has 1 heterocycles. The van der Waals surface area contributed by atoms with Crippen molar-refractivity contribution in [1.82, 2.24) is 5.01 Å². The normalized spacial score (nSPS) is 22.4. The lowest BCUT2D eigenvalue weighted by Gasteiger charge is -2.22. The summed E-state index contributed by atoms with van der Waals surface area (Å²) >= 11 is 0. The summed E-state index contributed by atoms with van der Waals surface area (Å²) in [6.07, 6.45) is 5.80. The first-order valence-corrected chi connectivity index (χ1v) is 4.09. The van der Waals surface area contributed by atoms with Crippen molar-refractivity contribution >= 4 is 6.21 Å². The lowest BCUT2D eigenvalue weighted by atomic mass is 10.2. The van der Waals surface area contributed by atoms with Crippen molar-refractivity contribution in [2.45, 2.75) is 25.9 Å². The van der Waals surface area contributed by atoms with Gasteiger partial charge in [0, 0.05) is 6.08 Å². The van der Waals surface area contributed by atoms with E-state index in [1.54, 1.807) is 0 Å². The van der Waals surface area contributed by atoms with Crippen molar-refractivity contribution in [3.63, 3.8) is 0 Å². The minimum Gasteiger partial charge on any atom is -0.195 e. The SMILES string of the molecule is CC(C)[N+]1=CC=CC(C#N)N1C. The Labute approximate surface area is 73.2 Å². The van der Waals surface area contributed by atoms with Gasteiger partial charge in [0.1, 0.15) is 0 Å². The number of nitrogens with zero attached hydrogens (tertiary/aromatic N) is 3. The van der Waals surface area contributed by atoms with Gasteiger partial charge < -0.3 is 0 Å². The Morgan fingerprint density at radius 1 is 1.58 bits per heavy atom. The largest absolute Gasteiger partial charge is 0.195 e. The molecule has 3 heteroatoms. The summed E-state index contributed by atoms with van der Waals surface area (Å²) in [5.41, 5.74) is 0. The fourth-order valence-electron chi connectivity index (χ4n) is 1.28. The second kappa shape index (κ2) is 3.40. The molecular formula is C9H14N3+. The van der Waals surface area contributed by atoms with E-state index in [2.05, 4.69) is 19.9 Å². The van der Waals surface area contributed by atoms with Gasteiger partial charge in [-0.2, -0.15) is 10.3 Å². The Morgan fingerprint density at radius 2 is 2.25 bits per heavy atom. The topological polar surface area (TPSA) is 30.0 Å². The standard InChI is InChI=1S/C9H14N3/c1-8(2)12-6-4-5-9(7-10)11(12)3/h4-6,8-9H,1-3H3/q+1. The summed E-state index contributed by atoms with van der Waals surface area (Å²) in [5, 5.41) is 10.7. The van der Waals surface area contributed by atoms with Gasteiger partial charge in [-0.05, 0) is 19.9 Å². The van der Waals surface area contributed by atoms with Gasteiger partial charge in [0.2, 0.25) is 0 Å². The molecule has 3 nitrogen and oxygen atoms in total. The average Bonchev–Trinajstić information content (AvgIpc) is 2.04. The van der Waals surface area contributed by atoms with Crippen LogP contribution >= 0.6 is 0 Å². The molecule has 0 fully saturated rings. The summed E-state index contributed by atoms with van der Waals surface area (Å²) < 4.78 is 2.05. The average molecular weight is 164 g/mol. The molecule has 1 aliphatic rings. The molecule has 1 atom stereocenters. The first-order valence-electron chi connectivity index (χ1n) is 4.09. The second-order valence-corrected chi connectivity index (χ2v) is 3.16. The van der Waals surface area contributed by atoms with Crippen LogP contribution in [-0.4, -0.2) is 35.0 Å². The number of hydrazone groups is 1. The van der Waals surface area contributed by atoms with E-state index in [4.69, 9.17) is 5.26 Å². The van der Waals surface area contributed by atoms with Crippen LogP contribution in [0.15, 0.2) is 12.2 Å². The van der Waals surface area contributed by atoms with Crippen LogP contribution in [0.3, 0.4) is 0 Å². The van der Waals surface area contributed by atoms with Crippen LogP contribution in [0, 0.1) is 11.3 Å². The molecule has 0 aromatic rings. The molecule has 1 rings (SSSR count). The molecule has 0 bridgehead atoms. The van der Waals surface area contributed by atoms with Crippen LogP contribution in [0.25, 0.3) is 0 Å². The molecule has 12 heavy (non-hydrogen) atoms. The van der Waals surface area contributed by atoms with Crippen LogP contribution in [0.2, 0.25) is 0 Å². The highest BCUT2D eigenvalue weighted by molar-refractivity contribution is 5.67. The van der Waals surface area contributed by atoms with Gasteiger partial charge in [-0.1, -0.05) is 0 Å². The third-order valence-electron chi connectivity index (χ3n) is 1.96. The molecule has 0 saturated heterocycles. The predicted octanol–water partition coefficient (Wildman–Crippen LogP) is 0.787. The maximum absolute atomic E-state index is 8.78. The van der Waals surface area contributed by atoms with Gasteiger partial charge >= 0.3 is 0 Å². The molecule has 0 aromatic carbocycles. The summed E-state index contributed by atoms with van der Waals surface area (Å²) in [7, 11) is 1.92. The number of likely N-dealkylation sites (N-methyl/N-ethyl adjacent to an activating group) is 1. The lowest BCUT2D eigenvalue weighted by Crippen LogP contribution is -2.44. The minimum absolute atomic E-state index is 0.127. The fraction of sp³-hybridized carbons (Fsp3) is 0.556. The zero-order chi connectivity index (χ0) is 9.14. The van der Waals surface area contributed by atoms with E-state index in [1.807, 2.05) is 35.1 Å². The van der Waals surface area contributed by atoms with Crippen molar-refractivity contribution in [3.05, 3.63) is 12.2 Å². The van der Waals surface area contributed by atoms with Gasteiger partial charge in [-0.25, -0.2) is 0 Å². The van der Waals surface area contributed by atoms with E-state index in [0.29, 0.717) is 6.04 Å². The zero-order valence-electron chi connectivity index (χ0n) is 7.73. The molecule has 0 saturated carbocycles. The lowest BCUT2D eigenvalue weighted by molar-refractivity contribution is -0.707. The number of rotatable bonds is 1. The number of hydrazine groups is 1. The van der Waals surface area contributed by atoms with Crippen molar-refractivity contribution in [2.75, 3.05) is 7.05 Å². The molecule has 0 N–H and O–H groups in total. The second-order valence-electron chi connectivity index (χ2n) is 3.16. The Hall–Kier alpha value is -1.30. The molecule has 64 valence electrons. The Kier molecular flexibility index (Phi) is 2.49. The van der Waals surface area contributed by atoms with Gasteiger partial charge in [0.15, 0.2) is 18.3 Å². The molecule has 1 unspecified atom stereocenters. The molecule has 0 radical (unpaired) electrons. The summed E-state index contributed by atoms with van der Waals surface area (Å²) in [4.78, 5) is 0. The van der Waals surface area contributed by atoms with Crippen molar-refractivity contribution in [3.8, 4) is 6.07 Å². The fourth-order valence-corrected chi connectivity index (χ4v) is 1.28. The molecule has 0 spiro atoms. The van der Waals surface area contributed by atoms with Gasteiger partial charge in [-0.15, -0.1) is 4.68 Å². The van der Waals surface area contributed by atoms with E-state index < -0.39 is 0 Å². The van der Waals surface area contributed by atoms with Crippen LogP contribution in [0.1, 0.15) is 13.8 Å². The molecule has 1 aliphatic heterocycles. The molecular weight excluding hydrogens is 150 g/mol.